The van der Waals surface area contributed by atoms with E-state index < -0.39 is 0 Å². The van der Waals surface area contributed by atoms with E-state index in [2.05, 4.69) is 10.1 Å². The zero-order chi connectivity index (χ0) is 17.8. The quantitative estimate of drug-likeness (QED) is 0.700. The molecule has 0 aliphatic heterocycles. The lowest BCUT2D eigenvalue weighted by molar-refractivity contribution is 0.300. The van der Waals surface area contributed by atoms with Crippen LogP contribution in [-0.4, -0.2) is 15.9 Å². The number of hydrogen-bond acceptors (Lipinski definition) is 4. The van der Waals surface area contributed by atoms with Gasteiger partial charge in [0.25, 0.3) is 0 Å². The highest BCUT2D eigenvalue weighted by Gasteiger charge is 2.07. The summed E-state index contributed by atoms with van der Waals surface area (Å²) in [7, 11) is 0. The third-order valence-corrected chi connectivity index (χ3v) is 3.85. The Balaban J connectivity index is 1.65. The first kappa shape index (κ1) is 17.0. The largest absolute Gasteiger partial charge is 0.489 e. The summed E-state index contributed by atoms with van der Waals surface area (Å²) in [6, 6.07) is 11.8. The number of nitrogen functional groups attached to an aromatic ring is 1. The Morgan fingerprint density at radius 2 is 2.04 bits per heavy atom. The van der Waals surface area contributed by atoms with E-state index in [1.165, 1.54) is 10.7 Å². The van der Waals surface area contributed by atoms with Gasteiger partial charge in [-0.05, 0) is 48.9 Å². The fourth-order valence-corrected chi connectivity index (χ4v) is 2.42. The first-order chi connectivity index (χ1) is 12.0. The van der Waals surface area contributed by atoms with Crippen molar-refractivity contribution in [3.8, 4) is 5.75 Å². The zero-order valence-electron chi connectivity index (χ0n) is 13.5. The molecule has 0 aliphatic carbocycles. The number of benzene rings is 2. The average Bonchev–Trinajstić information content (AvgIpc) is 2.91. The molecule has 1 heterocycles. The third kappa shape index (κ3) is 4.16. The van der Waals surface area contributed by atoms with E-state index in [-0.39, 0.29) is 12.4 Å². The molecule has 2 aromatic carbocycles. The summed E-state index contributed by atoms with van der Waals surface area (Å²) in [4.78, 5) is 4.07. The van der Waals surface area contributed by atoms with Crippen molar-refractivity contribution in [3.63, 3.8) is 0 Å². The van der Waals surface area contributed by atoms with Gasteiger partial charge in [0.2, 0.25) is 5.95 Å². The summed E-state index contributed by atoms with van der Waals surface area (Å²) in [5.41, 5.74) is 7.72. The van der Waals surface area contributed by atoms with Crippen LogP contribution >= 0.6 is 11.6 Å². The molecule has 128 valence electrons. The van der Waals surface area contributed by atoms with Crippen molar-refractivity contribution in [1.29, 1.82) is 0 Å². The monoisotopic (exact) mass is 358 g/mol. The second-order valence-corrected chi connectivity index (χ2v) is 5.79. The fraction of sp³-hybridized carbons (Fsp3) is 0.111. The topological polar surface area (TPSA) is 65.4 Å². The lowest BCUT2D eigenvalue weighted by Crippen LogP contribution is -2.00. The number of imidazole rings is 1. The van der Waals surface area contributed by atoms with Crippen molar-refractivity contribution in [1.82, 2.24) is 9.66 Å². The normalized spacial score (nSPS) is 11.2. The van der Waals surface area contributed by atoms with E-state index in [0.29, 0.717) is 22.3 Å². The van der Waals surface area contributed by atoms with Gasteiger partial charge >= 0.3 is 0 Å². The molecule has 0 amide bonds. The summed E-state index contributed by atoms with van der Waals surface area (Å²) in [6.07, 6.45) is 3.40. The SMILES string of the molecule is Cc1cn(N=Cc2ccc(OCc3c(F)cccc3Cl)cc2)c(N)n1. The van der Waals surface area contributed by atoms with Crippen LogP contribution in [0.5, 0.6) is 5.75 Å². The first-order valence-electron chi connectivity index (χ1n) is 7.54. The van der Waals surface area contributed by atoms with Crippen molar-refractivity contribution < 1.29 is 9.13 Å². The number of nitrogens with two attached hydrogens (primary N) is 1. The lowest BCUT2D eigenvalue weighted by atomic mass is 10.2. The average molecular weight is 359 g/mol. The molecule has 2 N–H and O–H groups in total. The highest BCUT2D eigenvalue weighted by Crippen LogP contribution is 2.21. The van der Waals surface area contributed by atoms with Gasteiger partial charge in [0, 0.05) is 5.56 Å². The summed E-state index contributed by atoms with van der Waals surface area (Å²) >= 11 is 5.98. The number of hydrogen-bond donors (Lipinski definition) is 1. The minimum absolute atomic E-state index is 0.0593. The van der Waals surface area contributed by atoms with Crippen LogP contribution in [0.4, 0.5) is 10.3 Å². The highest BCUT2D eigenvalue weighted by molar-refractivity contribution is 6.31. The molecule has 0 saturated carbocycles. The molecule has 0 bridgehead atoms. The Morgan fingerprint density at radius 3 is 2.68 bits per heavy atom. The molecule has 5 nitrogen and oxygen atoms in total. The van der Waals surface area contributed by atoms with Crippen LogP contribution in [0.3, 0.4) is 0 Å². The highest BCUT2D eigenvalue weighted by atomic mass is 35.5. The molecule has 0 fully saturated rings. The Labute approximate surface area is 149 Å². The van der Waals surface area contributed by atoms with Crippen molar-refractivity contribution in [3.05, 3.63) is 76.3 Å². The number of aryl methyl sites for hydroxylation is 1. The summed E-state index contributed by atoms with van der Waals surface area (Å²) in [6.45, 7) is 1.90. The van der Waals surface area contributed by atoms with E-state index in [1.807, 2.05) is 19.1 Å². The molecule has 3 aromatic rings. The smallest absolute Gasteiger partial charge is 0.221 e. The standard InChI is InChI=1S/C18H16ClFN4O/c1-12-10-24(18(21)23-12)22-9-13-5-7-14(8-6-13)25-11-15-16(19)3-2-4-17(15)20/h2-10H,11H2,1H3,(H2,21,23). The van der Waals surface area contributed by atoms with E-state index in [1.54, 1.807) is 36.7 Å². The zero-order valence-corrected chi connectivity index (χ0v) is 14.2. The summed E-state index contributed by atoms with van der Waals surface area (Å²) in [5.74, 6) is 0.550. The number of rotatable bonds is 5. The molecular weight excluding hydrogens is 343 g/mol. The molecule has 25 heavy (non-hydrogen) atoms. The second-order valence-electron chi connectivity index (χ2n) is 5.39. The minimum atomic E-state index is -0.385. The van der Waals surface area contributed by atoms with Crippen LogP contribution in [0.1, 0.15) is 16.8 Å². The molecular formula is C18H16ClFN4O. The van der Waals surface area contributed by atoms with E-state index in [0.717, 1.165) is 11.3 Å². The third-order valence-electron chi connectivity index (χ3n) is 3.49. The van der Waals surface area contributed by atoms with Gasteiger partial charge in [0.05, 0.1) is 23.1 Å². The van der Waals surface area contributed by atoms with Gasteiger partial charge < -0.3 is 10.5 Å². The molecule has 0 saturated heterocycles. The predicted octanol–water partition coefficient (Wildman–Crippen LogP) is 4.03. The number of aromatic nitrogens is 2. The Hall–Kier alpha value is -2.86. The summed E-state index contributed by atoms with van der Waals surface area (Å²) in [5, 5.41) is 4.58. The van der Waals surface area contributed by atoms with Crippen LogP contribution in [0, 0.1) is 12.7 Å². The number of halogens is 2. The van der Waals surface area contributed by atoms with Gasteiger partial charge in [0.1, 0.15) is 18.2 Å². The molecule has 0 atom stereocenters. The van der Waals surface area contributed by atoms with Gasteiger partial charge in [-0.15, -0.1) is 0 Å². The van der Waals surface area contributed by atoms with Gasteiger partial charge in [0.15, 0.2) is 0 Å². The van der Waals surface area contributed by atoms with Crippen molar-refractivity contribution in [2.75, 3.05) is 5.73 Å². The van der Waals surface area contributed by atoms with Gasteiger partial charge in [-0.1, -0.05) is 17.7 Å². The van der Waals surface area contributed by atoms with E-state index in [9.17, 15) is 4.39 Å². The molecule has 1 aromatic heterocycles. The van der Waals surface area contributed by atoms with Crippen LogP contribution in [0.25, 0.3) is 0 Å². The Morgan fingerprint density at radius 1 is 1.28 bits per heavy atom. The lowest BCUT2D eigenvalue weighted by Gasteiger charge is -2.08. The fourth-order valence-electron chi connectivity index (χ4n) is 2.20. The molecule has 0 spiro atoms. The maximum Gasteiger partial charge on any atom is 0.221 e. The van der Waals surface area contributed by atoms with Crippen LogP contribution in [0.15, 0.2) is 53.8 Å². The predicted molar refractivity (Wildman–Crippen MR) is 96.6 cm³/mol. The van der Waals surface area contributed by atoms with Crippen molar-refractivity contribution in [2.45, 2.75) is 13.5 Å². The maximum atomic E-state index is 13.7. The number of nitrogens with zero attached hydrogens (tertiary/aromatic N) is 3. The van der Waals surface area contributed by atoms with Gasteiger partial charge in [-0.25, -0.2) is 14.1 Å². The molecule has 0 unspecified atom stereocenters. The minimum Gasteiger partial charge on any atom is -0.489 e. The van der Waals surface area contributed by atoms with E-state index in [4.69, 9.17) is 22.1 Å². The van der Waals surface area contributed by atoms with Crippen molar-refractivity contribution >= 4 is 23.8 Å². The van der Waals surface area contributed by atoms with Gasteiger partial charge in [-0.2, -0.15) is 5.10 Å². The van der Waals surface area contributed by atoms with Crippen LogP contribution < -0.4 is 10.5 Å². The van der Waals surface area contributed by atoms with Crippen LogP contribution in [-0.2, 0) is 6.61 Å². The Bertz CT molecular complexity index is 886. The van der Waals surface area contributed by atoms with Crippen molar-refractivity contribution in [2.24, 2.45) is 5.10 Å². The first-order valence-corrected chi connectivity index (χ1v) is 7.92. The molecule has 3 rings (SSSR count). The summed E-state index contributed by atoms with van der Waals surface area (Å²) < 4.78 is 20.8. The second kappa shape index (κ2) is 7.36. The number of ether oxygens (including phenoxy) is 1. The van der Waals surface area contributed by atoms with E-state index >= 15 is 0 Å². The maximum absolute atomic E-state index is 13.7. The molecule has 0 aliphatic rings. The molecule has 0 radical (unpaired) electrons. The van der Waals surface area contributed by atoms with Gasteiger partial charge in [-0.3, -0.25) is 0 Å². The van der Waals surface area contributed by atoms with Crippen LogP contribution in [0.2, 0.25) is 5.02 Å². The molecule has 7 heteroatoms. The number of anilines is 1. The Kier molecular flexibility index (Phi) is 5.00.